The van der Waals surface area contributed by atoms with Crippen LogP contribution in [0.5, 0.6) is 0 Å². The maximum atomic E-state index is 9.33. The fourth-order valence-corrected chi connectivity index (χ4v) is 0. The zero-order chi connectivity index (χ0) is 10.6. The van der Waals surface area contributed by atoms with Crippen molar-refractivity contribution in [2.45, 2.75) is 0 Å². The van der Waals surface area contributed by atoms with Crippen LogP contribution in [0.4, 0.5) is 0 Å². The molecule has 0 amide bonds. The molecule has 0 rings (SSSR count). The van der Waals surface area contributed by atoms with Crippen molar-refractivity contribution in [3.05, 3.63) is 10.1 Å². The molecule has 0 spiro atoms. The molecule has 0 aromatic rings. The molecule has 0 unspecified atom stereocenters. The first-order valence-electron chi connectivity index (χ1n) is 1.93. The molecule has 12 nitrogen and oxygen atoms in total. The van der Waals surface area contributed by atoms with E-state index < -0.39 is 20.3 Å². The lowest BCUT2D eigenvalue weighted by molar-refractivity contribution is -0.341. The van der Waals surface area contributed by atoms with Gasteiger partial charge in [-0.15, -0.1) is 0 Å². The summed E-state index contributed by atoms with van der Waals surface area (Å²) in [6.45, 7) is 0. The molecule has 14 heavy (non-hydrogen) atoms. The third-order valence-electron chi connectivity index (χ3n) is 0.213. The highest BCUT2D eigenvalue weighted by Crippen LogP contribution is 2.33. The smallest absolute Gasteiger partial charge is 0.344 e. The second kappa shape index (κ2) is 7.94. The molecule has 0 bridgehead atoms. The molecule has 0 saturated heterocycles. The van der Waals surface area contributed by atoms with Gasteiger partial charge < -0.3 is 27.0 Å². The number of rotatable bonds is 1. The fraction of sp³-hybridized carbons (Fsp3) is 0. The largest absolute Gasteiger partial charge is 0.660 e. The molecular formula is H11N3O9P2. The topological polar surface area (TPSA) is 248 Å². The van der Waals surface area contributed by atoms with E-state index in [9.17, 15) is 4.57 Å². The molecule has 0 aliphatic heterocycles. The van der Waals surface area contributed by atoms with Crippen LogP contribution in [-0.2, 0) is 9.13 Å². The molecule has 0 aromatic heterocycles. The molecule has 0 aromatic carbocycles. The Balaban J connectivity index is -0.0000000651. The average Bonchev–Trinajstić information content (AvgIpc) is 1.55. The summed E-state index contributed by atoms with van der Waals surface area (Å²) in [4.78, 5) is 45.6. The van der Waals surface area contributed by atoms with Crippen LogP contribution >= 0.6 is 15.6 Å². The maximum absolute atomic E-state index is 9.33. The Morgan fingerprint density at radius 3 is 1.00 bits per heavy atom. The summed E-state index contributed by atoms with van der Waals surface area (Å²) in [5.74, 6) is 0. The van der Waals surface area contributed by atoms with Crippen molar-refractivity contribution >= 4 is 15.6 Å². The zero-order valence-corrected chi connectivity index (χ0v) is 8.41. The van der Waals surface area contributed by atoms with Gasteiger partial charge in [-0.1, -0.05) is 0 Å². The Bertz CT molecular complexity index is 226. The van der Waals surface area contributed by atoms with Gasteiger partial charge in [-0.3, -0.25) is 19.9 Å². The van der Waals surface area contributed by atoms with Crippen molar-refractivity contribution in [1.29, 1.82) is 0 Å². The Morgan fingerprint density at radius 1 is 0.929 bits per heavy atom. The van der Waals surface area contributed by atoms with E-state index in [2.05, 4.69) is 0 Å². The van der Waals surface area contributed by atoms with E-state index in [-0.39, 0.29) is 12.3 Å². The first-order chi connectivity index (χ1) is 4.94. The van der Waals surface area contributed by atoms with Gasteiger partial charge in [0.1, 0.15) is 4.69 Å². The van der Waals surface area contributed by atoms with E-state index >= 15 is 0 Å². The highest BCUT2D eigenvalue weighted by molar-refractivity contribution is 7.45. The summed E-state index contributed by atoms with van der Waals surface area (Å²) >= 11 is 0. The first kappa shape index (κ1) is 23.4. The monoisotopic (exact) mass is 259 g/mol. The van der Waals surface area contributed by atoms with Gasteiger partial charge in [0.15, 0.2) is 0 Å². The van der Waals surface area contributed by atoms with E-state index in [0.717, 1.165) is 0 Å². The molecule has 0 aliphatic rings. The van der Waals surface area contributed by atoms with Crippen molar-refractivity contribution in [2.75, 3.05) is 0 Å². The molecule has 0 heterocycles. The molecule has 90 valence electrons. The van der Waals surface area contributed by atoms with Gasteiger partial charge in [0.25, 0.3) is 0 Å². The number of nitrogens with zero attached hydrogens (tertiary/aromatic N) is 1. The van der Waals surface area contributed by atoms with E-state index in [1.165, 1.54) is 0 Å². The first-order valence-corrected chi connectivity index (χ1v) is 5.06. The second-order valence-electron chi connectivity index (χ2n) is 1.26. The molecule has 14 heteroatoms. The summed E-state index contributed by atoms with van der Waals surface area (Å²) in [7, 11) is -9.65. The number of phosphoric acid groups is 1. The van der Waals surface area contributed by atoms with Crippen molar-refractivity contribution in [3.63, 3.8) is 0 Å². The molecule has 0 radical (unpaired) electrons. The zero-order valence-electron chi connectivity index (χ0n) is 6.62. The Labute approximate surface area is 77.3 Å². The predicted molar refractivity (Wildman–Crippen MR) is 43.3 cm³/mol. The summed E-state index contributed by atoms with van der Waals surface area (Å²) in [5.41, 5.74) is 0. The predicted octanol–water partition coefficient (Wildman–Crippen LogP) is -1.25. The normalized spacial score (nSPS) is 9.79. The molecule has 11 N–H and O–H groups in total. The molecule has 0 atom stereocenters. The minimum atomic E-state index is -5.02. The van der Waals surface area contributed by atoms with Crippen molar-refractivity contribution in [2.24, 2.45) is 0 Å². The van der Waals surface area contributed by atoms with Gasteiger partial charge in [0.05, 0.1) is 0 Å². The minimum absolute atomic E-state index is 0. The number of nitro groups is 1. The lowest BCUT2D eigenvalue weighted by Crippen LogP contribution is -1.91. The van der Waals surface area contributed by atoms with Gasteiger partial charge in [-0.25, -0.2) is 4.57 Å². The van der Waals surface area contributed by atoms with E-state index in [1.807, 2.05) is 0 Å². The number of hydrogen-bond acceptors (Lipinski definition) is 6. The molecule has 0 aliphatic carbocycles. The Morgan fingerprint density at radius 2 is 1.00 bits per heavy atom. The fourth-order valence-electron chi connectivity index (χ4n) is 0. The quantitative estimate of drug-likeness (QED) is 0.166. The molecule has 0 fully saturated rings. The maximum Gasteiger partial charge on any atom is 0.660 e. The van der Waals surface area contributed by atoms with Gasteiger partial charge >= 0.3 is 15.6 Å². The van der Waals surface area contributed by atoms with Crippen molar-refractivity contribution < 1.29 is 38.3 Å². The molecule has 0 saturated carbocycles. The second-order valence-corrected chi connectivity index (χ2v) is 3.64. The lowest BCUT2D eigenvalue weighted by Gasteiger charge is -1.86. The summed E-state index contributed by atoms with van der Waals surface area (Å²) in [5, 5.41) is 9.06. The summed E-state index contributed by atoms with van der Waals surface area (Å²) in [6, 6.07) is 0. The van der Waals surface area contributed by atoms with E-state index in [0.29, 0.717) is 0 Å². The van der Waals surface area contributed by atoms with E-state index in [4.69, 9.17) is 39.1 Å². The van der Waals surface area contributed by atoms with Crippen LogP contribution in [0, 0.1) is 10.1 Å². The van der Waals surface area contributed by atoms with Gasteiger partial charge in [0.2, 0.25) is 0 Å². The van der Waals surface area contributed by atoms with Crippen LogP contribution in [0.1, 0.15) is 0 Å². The van der Waals surface area contributed by atoms with Crippen LogP contribution in [0.2, 0.25) is 0 Å². The molecular weight excluding hydrogens is 248 g/mol. The third-order valence-corrected chi connectivity index (χ3v) is 0.638. The lowest BCUT2D eigenvalue weighted by atomic mass is 13.4. The standard InChI is InChI=1S/H2NO5P.2H3N.H3O4P/c2-1(3)7(4,5)6;;;1-5(2,3)4/h(H2,4,5,6);2*1H3;(H3,1,2,3,4). The minimum Gasteiger partial charge on any atom is -0.344 e. The SMILES string of the molecule is N.N.O=P(O)(O)O.O=[N+]([O-])P(=O)(O)O. The van der Waals surface area contributed by atoms with Crippen LogP contribution < -0.4 is 12.3 Å². The number of hydrogen-bond donors (Lipinski definition) is 7. The van der Waals surface area contributed by atoms with Crippen LogP contribution in [0.25, 0.3) is 0 Å². The van der Waals surface area contributed by atoms with Crippen LogP contribution in [0.3, 0.4) is 0 Å². The third kappa shape index (κ3) is 41.6. The summed E-state index contributed by atoms with van der Waals surface area (Å²) in [6.07, 6.45) is 0. The highest BCUT2D eigenvalue weighted by Gasteiger charge is 2.29. The van der Waals surface area contributed by atoms with Gasteiger partial charge in [-0.05, 0) is 0 Å². The van der Waals surface area contributed by atoms with E-state index in [1.54, 1.807) is 0 Å². The highest BCUT2D eigenvalue weighted by atomic mass is 31.2. The van der Waals surface area contributed by atoms with Crippen LogP contribution in [-0.4, -0.2) is 29.2 Å². The Hall–Kier alpha value is -0.420. The van der Waals surface area contributed by atoms with Gasteiger partial charge in [-0.2, -0.15) is 4.57 Å². The van der Waals surface area contributed by atoms with Crippen molar-refractivity contribution in [3.8, 4) is 0 Å². The summed E-state index contributed by atoms with van der Waals surface area (Å²) < 4.78 is 16.6. The Kier molecular flexibility index (Phi) is 13.3. The van der Waals surface area contributed by atoms with Crippen LogP contribution in [0.15, 0.2) is 0 Å². The average molecular weight is 259 g/mol. The van der Waals surface area contributed by atoms with Gasteiger partial charge in [0, 0.05) is 0 Å². The van der Waals surface area contributed by atoms with Crippen molar-refractivity contribution in [1.82, 2.24) is 12.3 Å².